The van der Waals surface area contributed by atoms with E-state index in [1.807, 2.05) is 84.9 Å². The van der Waals surface area contributed by atoms with Gasteiger partial charge < -0.3 is 10.1 Å². The van der Waals surface area contributed by atoms with E-state index in [0.29, 0.717) is 11.4 Å². The van der Waals surface area contributed by atoms with Crippen molar-refractivity contribution in [3.8, 4) is 16.9 Å². The topological polar surface area (TPSA) is 51.2 Å². The summed E-state index contributed by atoms with van der Waals surface area (Å²) in [7, 11) is 0. The van der Waals surface area contributed by atoms with Crippen molar-refractivity contribution in [3.63, 3.8) is 0 Å². The lowest BCUT2D eigenvalue weighted by Crippen LogP contribution is -2.20. The Labute approximate surface area is 157 Å². The number of hydrogen-bond donors (Lipinski definition) is 1. The minimum Gasteiger partial charge on any atom is -0.483 e. The van der Waals surface area contributed by atoms with Gasteiger partial charge in [0.2, 0.25) is 0 Å². The summed E-state index contributed by atoms with van der Waals surface area (Å²) in [5, 5.41) is 3.81. The Balaban J connectivity index is 1.45. The third-order valence-electron chi connectivity index (χ3n) is 4.20. The minimum atomic E-state index is -0.227. The van der Waals surface area contributed by atoms with Crippen LogP contribution >= 0.6 is 0 Å². The zero-order chi connectivity index (χ0) is 18.5. The molecule has 1 N–H and O–H groups in total. The molecular formula is C23H18N2O2. The molecule has 0 saturated heterocycles. The first-order chi connectivity index (χ1) is 13.3. The Morgan fingerprint density at radius 2 is 1.63 bits per heavy atom. The smallest absolute Gasteiger partial charge is 0.262 e. The van der Waals surface area contributed by atoms with Crippen LogP contribution in [0.4, 0.5) is 5.69 Å². The molecule has 4 aromatic rings. The summed E-state index contributed by atoms with van der Waals surface area (Å²) in [5.74, 6) is 0.449. The molecule has 0 bridgehead atoms. The fraction of sp³-hybridized carbons (Fsp3) is 0.0435. The number of amides is 1. The normalized spacial score (nSPS) is 10.5. The van der Waals surface area contributed by atoms with Crippen molar-refractivity contribution in [1.82, 2.24) is 4.98 Å². The van der Waals surface area contributed by atoms with E-state index < -0.39 is 0 Å². The Kier molecular flexibility index (Phi) is 4.79. The molecule has 0 aliphatic carbocycles. The molecule has 0 unspecified atom stereocenters. The number of anilines is 1. The van der Waals surface area contributed by atoms with E-state index in [0.717, 1.165) is 22.0 Å². The van der Waals surface area contributed by atoms with Gasteiger partial charge in [0.25, 0.3) is 5.91 Å². The summed E-state index contributed by atoms with van der Waals surface area (Å²) in [5.41, 5.74) is 3.55. The number of carbonyl (C=O) groups excluding carboxylic acids is 1. The molecule has 0 spiro atoms. The molecule has 27 heavy (non-hydrogen) atoms. The van der Waals surface area contributed by atoms with Crippen LogP contribution in [0.2, 0.25) is 0 Å². The van der Waals surface area contributed by atoms with E-state index in [9.17, 15) is 4.79 Å². The average Bonchev–Trinajstić information content (AvgIpc) is 2.73. The second-order valence-corrected chi connectivity index (χ2v) is 6.12. The summed E-state index contributed by atoms with van der Waals surface area (Å²) >= 11 is 0. The molecule has 1 heterocycles. The van der Waals surface area contributed by atoms with Crippen LogP contribution in [0.1, 0.15) is 0 Å². The molecule has 3 aromatic carbocycles. The number of benzene rings is 3. The monoisotopic (exact) mass is 354 g/mol. The Hall–Kier alpha value is -3.66. The Bertz CT molecular complexity index is 1080. The predicted molar refractivity (Wildman–Crippen MR) is 108 cm³/mol. The molecule has 4 nitrogen and oxygen atoms in total. The van der Waals surface area contributed by atoms with Crippen molar-refractivity contribution < 1.29 is 9.53 Å². The van der Waals surface area contributed by atoms with Crippen molar-refractivity contribution >= 4 is 22.5 Å². The van der Waals surface area contributed by atoms with Crippen molar-refractivity contribution in [3.05, 3.63) is 91.1 Å². The summed E-state index contributed by atoms with van der Waals surface area (Å²) in [6, 6.07) is 27.3. The zero-order valence-corrected chi connectivity index (χ0v) is 14.6. The molecule has 1 aromatic heterocycles. The van der Waals surface area contributed by atoms with Crippen molar-refractivity contribution in [2.24, 2.45) is 0 Å². The van der Waals surface area contributed by atoms with E-state index in [4.69, 9.17) is 4.74 Å². The van der Waals surface area contributed by atoms with Gasteiger partial charge in [0.15, 0.2) is 6.61 Å². The molecule has 0 fully saturated rings. The molecule has 4 rings (SSSR count). The predicted octanol–water partition coefficient (Wildman–Crippen LogP) is 4.92. The van der Waals surface area contributed by atoms with Gasteiger partial charge in [0, 0.05) is 10.9 Å². The van der Waals surface area contributed by atoms with Crippen molar-refractivity contribution in [2.75, 3.05) is 11.9 Å². The average molecular weight is 354 g/mol. The highest BCUT2D eigenvalue weighted by molar-refractivity contribution is 5.94. The maximum atomic E-state index is 12.3. The number of nitrogens with one attached hydrogen (secondary N) is 1. The van der Waals surface area contributed by atoms with Gasteiger partial charge >= 0.3 is 0 Å². The Morgan fingerprint density at radius 3 is 2.52 bits per heavy atom. The highest BCUT2D eigenvalue weighted by Gasteiger charge is 2.09. The van der Waals surface area contributed by atoms with E-state index in [1.165, 1.54) is 0 Å². The number of aromatic nitrogens is 1. The summed E-state index contributed by atoms with van der Waals surface area (Å²) < 4.78 is 5.78. The first-order valence-electron chi connectivity index (χ1n) is 8.71. The van der Waals surface area contributed by atoms with Gasteiger partial charge in [-0.1, -0.05) is 66.7 Å². The first-order valence-corrected chi connectivity index (χ1v) is 8.71. The number of pyridine rings is 1. The van der Waals surface area contributed by atoms with Crippen LogP contribution in [0.25, 0.3) is 22.0 Å². The molecule has 0 aliphatic heterocycles. The largest absolute Gasteiger partial charge is 0.483 e. The van der Waals surface area contributed by atoms with Gasteiger partial charge in [-0.25, -0.2) is 0 Å². The van der Waals surface area contributed by atoms with Gasteiger partial charge in [-0.2, -0.15) is 0 Å². The number of carbonyl (C=O) groups is 1. The Morgan fingerprint density at radius 1 is 0.889 bits per heavy atom. The molecule has 0 aliphatic rings. The van der Waals surface area contributed by atoms with Crippen LogP contribution < -0.4 is 10.1 Å². The number of para-hydroxylation sites is 2. The third-order valence-corrected chi connectivity index (χ3v) is 4.20. The quantitative estimate of drug-likeness (QED) is 0.553. The summed E-state index contributed by atoms with van der Waals surface area (Å²) in [4.78, 5) is 16.7. The second kappa shape index (κ2) is 7.70. The van der Waals surface area contributed by atoms with Gasteiger partial charge in [0.05, 0.1) is 17.4 Å². The highest BCUT2D eigenvalue weighted by Crippen LogP contribution is 2.29. The second-order valence-electron chi connectivity index (χ2n) is 6.12. The number of nitrogens with zero attached hydrogens (tertiary/aromatic N) is 1. The van der Waals surface area contributed by atoms with Gasteiger partial charge in [-0.05, 0) is 23.8 Å². The van der Waals surface area contributed by atoms with Crippen LogP contribution in [-0.2, 0) is 4.79 Å². The maximum Gasteiger partial charge on any atom is 0.262 e. The lowest BCUT2D eigenvalue weighted by molar-refractivity contribution is -0.118. The van der Waals surface area contributed by atoms with Gasteiger partial charge in [-0.3, -0.25) is 9.78 Å². The van der Waals surface area contributed by atoms with Crippen molar-refractivity contribution in [1.29, 1.82) is 0 Å². The van der Waals surface area contributed by atoms with E-state index in [1.54, 1.807) is 6.20 Å². The van der Waals surface area contributed by atoms with Crippen LogP contribution in [0.5, 0.6) is 5.75 Å². The van der Waals surface area contributed by atoms with Gasteiger partial charge in [0.1, 0.15) is 5.75 Å². The van der Waals surface area contributed by atoms with E-state index in [2.05, 4.69) is 10.3 Å². The third kappa shape index (κ3) is 3.96. The molecule has 0 radical (unpaired) electrons. The molecular weight excluding hydrogens is 336 g/mol. The van der Waals surface area contributed by atoms with E-state index >= 15 is 0 Å². The molecule has 0 atom stereocenters. The SMILES string of the molecule is O=C(COc1ccccc1-c1ccccc1)Nc1cnc2ccccc2c1. The van der Waals surface area contributed by atoms with Crippen LogP contribution in [-0.4, -0.2) is 17.5 Å². The van der Waals surface area contributed by atoms with E-state index in [-0.39, 0.29) is 12.5 Å². The standard InChI is InChI=1S/C23H18N2O2/c26-23(25-19-14-18-10-4-6-12-21(18)24-15-19)16-27-22-13-7-5-11-20(22)17-8-2-1-3-9-17/h1-15H,16H2,(H,25,26). The molecule has 132 valence electrons. The fourth-order valence-corrected chi connectivity index (χ4v) is 2.93. The number of ether oxygens (including phenoxy) is 1. The van der Waals surface area contributed by atoms with Crippen molar-refractivity contribution in [2.45, 2.75) is 0 Å². The highest BCUT2D eigenvalue weighted by atomic mass is 16.5. The molecule has 4 heteroatoms. The van der Waals surface area contributed by atoms with Crippen LogP contribution in [0.15, 0.2) is 91.1 Å². The first kappa shape index (κ1) is 16.8. The maximum absolute atomic E-state index is 12.3. The number of hydrogen-bond acceptors (Lipinski definition) is 3. The minimum absolute atomic E-state index is 0.0727. The lowest BCUT2D eigenvalue weighted by atomic mass is 10.1. The van der Waals surface area contributed by atoms with Crippen LogP contribution in [0, 0.1) is 0 Å². The molecule has 1 amide bonds. The molecule has 0 saturated carbocycles. The zero-order valence-electron chi connectivity index (χ0n) is 14.6. The van der Waals surface area contributed by atoms with Crippen LogP contribution in [0.3, 0.4) is 0 Å². The lowest BCUT2D eigenvalue weighted by Gasteiger charge is -2.12. The van der Waals surface area contributed by atoms with Gasteiger partial charge in [-0.15, -0.1) is 0 Å². The number of rotatable bonds is 5. The summed E-state index contributed by atoms with van der Waals surface area (Å²) in [6.07, 6.45) is 1.65. The number of fused-ring (bicyclic) bond motifs is 1. The summed E-state index contributed by atoms with van der Waals surface area (Å²) in [6.45, 7) is -0.0727. The fourth-order valence-electron chi connectivity index (χ4n) is 2.93.